The number of benzene rings is 1. The molecule has 2 bridgehead atoms. The highest BCUT2D eigenvalue weighted by Gasteiger charge is 2.68. The van der Waals surface area contributed by atoms with Crippen LogP contribution in [-0.4, -0.2) is 59.9 Å². The Bertz CT molecular complexity index is 1170. The van der Waals surface area contributed by atoms with E-state index in [0.29, 0.717) is 44.1 Å². The third-order valence-corrected chi connectivity index (χ3v) is 9.41. The largest absolute Gasteiger partial charge is 0.482 e. The molecule has 0 aromatic heterocycles. The Labute approximate surface area is 242 Å². The van der Waals surface area contributed by atoms with Crippen LogP contribution in [0.4, 0.5) is 0 Å². The molecule has 11 heteroatoms. The van der Waals surface area contributed by atoms with Crippen LogP contribution in [0, 0.1) is 28.6 Å². The van der Waals surface area contributed by atoms with Crippen molar-refractivity contribution in [3.05, 3.63) is 35.9 Å². The number of hydrogen-bond acceptors (Lipinski definition) is 7. The van der Waals surface area contributed by atoms with Gasteiger partial charge in [0.1, 0.15) is 12.1 Å². The van der Waals surface area contributed by atoms with E-state index in [0.717, 1.165) is 18.4 Å². The quantitative estimate of drug-likeness (QED) is 0.202. The number of nitriles is 1. The number of carbonyl (C=O) groups excluding carboxylic acids is 3. The molecule has 1 saturated heterocycles. The molecule has 0 unspecified atom stereocenters. The van der Waals surface area contributed by atoms with E-state index in [9.17, 15) is 14.4 Å². The molecule has 40 heavy (non-hydrogen) atoms. The topological polar surface area (TPSA) is 130 Å². The van der Waals surface area contributed by atoms with Gasteiger partial charge in [-0.3, -0.25) is 14.4 Å². The van der Waals surface area contributed by atoms with Gasteiger partial charge in [-0.2, -0.15) is 5.26 Å². The van der Waals surface area contributed by atoms with Gasteiger partial charge in [-0.25, -0.2) is 0 Å². The molecule has 0 spiro atoms. The molecule has 0 radical (unpaired) electrons. The molecule has 1 aromatic carbocycles. The van der Waals surface area contributed by atoms with E-state index in [4.69, 9.17) is 14.6 Å². The van der Waals surface area contributed by atoms with Crippen molar-refractivity contribution >= 4 is 41.9 Å². The maximum atomic E-state index is 13.5. The number of thiocarbonyl (C=S) groups is 1. The second-order valence-electron chi connectivity index (χ2n) is 12.1. The second-order valence-corrected chi connectivity index (χ2v) is 12.5. The van der Waals surface area contributed by atoms with Crippen LogP contribution in [0.5, 0.6) is 0 Å². The highest BCUT2D eigenvalue weighted by molar-refractivity contribution is 7.82. The Hall–Kier alpha value is -2.81. The fourth-order valence-electron chi connectivity index (χ4n) is 6.76. The van der Waals surface area contributed by atoms with Gasteiger partial charge in [0.25, 0.3) is 5.91 Å². The SMILES string of the molecule is CC(=O)N[C@@H](CCCCNC(=O)C(=S)C#N)C(=O)N[C@@H](Cc1ccccc1)B1O[C@@H]2C[C@@H]3C[C@@H](C3(C)C)[C@]2(C)O1. The number of amides is 3. The summed E-state index contributed by atoms with van der Waals surface area (Å²) in [6.45, 7) is 8.48. The lowest BCUT2D eigenvalue weighted by molar-refractivity contribution is -0.199. The lowest BCUT2D eigenvalue weighted by atomic mass is 9.43. The van der Waals surface area contributed by atoms with Gasteiger partial charge in [-0.15, -0.1) is 0 Å². The summed E-state index contributed by atoms with van der Waals surface area (Å²) in [5.74, 6) is -0.616. The number of hydrogen-bond donors (Lipinski definition) is 3. The zero-order valence-corrected chi connectivity index (χ0v) is 24.5. The number of unbranched alkanes of at least 4 members (excludes halogenated alkanes) is 1. The van der Waals surface area contributed by atoms with E-state index in [1.807, 2.05) is 30.3 Å². The monoisotopic (exact) mass is 566 g/mol. The molecular formula is C29H39BN4O5S. The van der Waals surface area contributed by atoms with Crippen molar-refractivity contribution in [2.24, 2.45) is 17.3 Å². The smallest absolute Gasteiger partial charge is 0.404 e. The first-order chi connectivity index (χ1) is 19.0. The minimum absolute atomic E-state index is 0.0142. The van der Waals surface area contributed by atoms with Crippen molar-refractivity contribution in [1.82, 2.24) is 16.0 Å². The zero-order valence-electron chi connectivity index (χ0n) is 23.7. The maximum absolute atomic E-state index is 13.5. The van der Waals surface area contributed by atoms with Gasteiger partial charge in [0, 0.05) is 13.5 Å². The normalized spacial score (nSPS) is 27.3. The highest BCUT2D eigenvalue weighted by Crippen LogP contribution is 2.65. The number of nitrogens with one attached hydrogen (secondary N) is 3. The summed E-state index contributed by atoms with van der Waals surface area (Å²) in [7, 11) is -0.605. The molecular weight excluding hydrogens is 527 g/mol. The average Bonchev–Trinajstić information content (AvgIpc) is 3.28. The Morgan fingerprint density at radius 1 is 1.15 bits per heavy atom. The first-order valence-electron chi connectivity index (χ1n) is 14.1. The fourth-order valence-corrected chi connectivity index (χ4v) is 6.83. The molecule has 3 aliphatic carbocycles. The predicted molar refractivity (Wildman–Crippen MR) is 155 cm³/mol. The lowest BCUT2D eigenvalue weighted by Gasteiger charge is -2.64. The Morgan fingerprint density at radius 2 is 1.88 bits per heavy atom. The van der Waals surface area contributed by atoms with Gasteiger partial charge in [-0.05, 0) is 68.3 Å². The van der Waals surface area contributed by atoms with E-state index in [2.05, 4.69) is 48.9 Å². The highest BCUT2D eigenvalue weighted by atomic mass is 32.1. The van der Waals surface area contributed by atoms with E-state index in [1.165, 1.54) is 6.92 Å². The van der Waals surface area contributed by atoms with Crippen molar-refractivity contribution in [3.63, 3.8) is 0 Å². The molecule has 1 heterocycles. The van der Waals surface area contributed by atoms with Crippen molar-refractivity contribution in [1.29, 1.82) is 5.26 Å². The predicted octanol–water partition coefficient (Wildman–Crippen LogP) is 2.67. The molecule has 3 saturated carbocycles. The zero-order chi connectivity index (χ0) is 29.1. The van der Waals surface area contributed by atoms with Crippen LogP contribution in [0.2, 0.25) is 0 Å². The molecule has 1 aromatic rings. The van der Waals surface area contributed by atoms with E-state index < -0.39 is 30.6 Å². The van der Waals surface area contributed by atoms with Crippen molar-refractivity contribution < 1.29 is 23.7 Å². The summed E-state index contributed by atoms with van der Waals surface area (Å²) in [4.78, 5) is 36.9. The second kappa shape index (κ2) is 12.4. The summed E-state index contributed by atoms with van der Waals surface area (Å²) in [6, 6.07) is 10.8. The van der Waals surface area contributed by atoms with Crippen molar-refractivity contribution in [2.75, 3.05) is 6.54 Å². The fraction of sp³-hybridized carbons (Fsp3) is 0.621. The van der Waals surface area contributed by atoms with Gasteiger partial charge in [0.2, 0.25) is 11.8 Å². The molecule has 3 amide bonds. The molecule has 3 N–H and O–H groups in total. The molecule has 9 nitrogen and oxygen atoms in total. The average molecular weight is 567 g/mol. The van der Waals surface area contributed by atoms with E-state index in [1.54, 1.807) is 6.07 Å². The van der Waals surface area contributed by atoms with Crippen LogP contribution < -0.4 is 16.0 Å². The number of rotatable bonds is 12. The first-order valence-corrected chi connectivity index (χ1v) is 14.5. The van der Waals surface area contributed by atoms with Crippen molar-refractivity contribution in [3.8, 4) is 6.07 Å². The number of nitrogens with zero attached hydrogens (tertiary/aromatic N) is 1. The van der Waals surface area contributed by atoms with Crippen LogP contribution in [0.15, 0.2) is 30.3 Å². The Kier molecular flexibility index (Phi) is 9.33. The number of carbonyl (C=O) groups is 3. The third-order valence-electron chi connectivity index (χ3n) is 9.13. The molecule has 4 aliphatic rings. The van der Waals surface area contributed by atoms with Crippen molar-refractivity contribution in [2.45, 2.75) is 89.9 Å². The van der Waals surface area contributed by atoms with Gasteiger partial charge < -0.3 is 25.3 Å². The van der Waals surface area contributed by atoms with Gasteiger partial charge >= 0.3 is 7.12 Å². The minimum Gasteiger partial charge on any atom is -0.404 e. The minimum atomic E-state index is -0.752. The molecule has 214 valence electrons. The standard InChI is InChI=1S/C29H39BN4O5S/c1-18(35)33-21(12-8-9-13-32-27(37)22(40)17-31)26(36)34-25(14-19-10-6-5-7-11-19)30-38-24-16-20-15-23(28(20,2)3)29(24,4)39-30/h5-7,10-11,20-21,23-25H,8-9,12-16H2,1-4H3,(H,32,37)(H,33,35)(H,34,36)/t20-,21-,23-,24+,25-,29-/m0/s1. The summed E-state index contributed by atoms with van der Waals surface area (Å²) in [6.07, 6.45) is 4.10. The Morgan fingerprint density at radius 3 is 2.52 bits per heavy atom. The lowest BCUT2D eigenvalue weighted by Crippen LogP contribution is -2.65. The van der Waals surface area contributed by atoms with Gasteiger partial charge in [0.05, 0.1) is 17.6 Å². The van der Waals surface area contributed by atoms with Crippen LogP contribution >= 0.6 is 12.2 Å². The van der Waals surface area contributed by atoms with Gasteiger partial charge in [-0.1, -0.05) is 56.4 Å². The molecule has 6 atom stereocenters. The van der Waals surface area contributed by atoms with Crippen LogP contribution in [-0.2, 0) is 30.1 Å². The summed E-state index contributed by atoms with van der Waals surface area (Å²) < 4.78 is 13.2. The molecule has 4 fully saturated rings. The maximum Gasteiger partial charge on any atom is 0.482 e. The Balaban J connectivity index is 1.42. The molecule has 5 rings (SSSR count). The van der Waals surface area contributed by atoms with Crippen LogP contribution in [0.3, 0.4) is 0 Å². The van der Waals surface area contributed by atoms with Crippen LogP contribution in [0.1, 0.15) is 65.4 Å². The van der Waals surface area contributed by atoms with Crippen LogP contribution in [0.25, 0.3) is 0 Å². The van der Waals surface area contributed by atoms with E-state index in [-0.39, 0.29) is 28.2 Å². The summed E-state index contributed by atoms with van der Waals surface area (Å²) in [5, 5.41) is 17.2. The van der Waals surface area contributed by atoms with Gasteiger partial charge in [0.15, 0.2) is 4.86 Å². The summed E-state index contributed by atoms with van der Waals surface area (Å²) >= 11 is 4.68. The summed E-state index contributed by atoms with van der Waals surface area (Å²) in [5.41, 5.74) is 0.849. The first kappa shape index (κ1) is 30.2. The molecule has 1 aliphatic heterocycles. The van der Waals surface area contributed by atoms with E-state index >= 15 is 0 Å². The third kappa shape index (κ3) is 6.40.